The van der Waals surface area contributed by atoms with Gasteiger partial charge in [-0.2, -0.15) is 4.98 Å². The topological polar surface area (TPSA) is 56.7 Å². The predicted octanol–water partition coefficient (Wildman–Crippen LogP) is 4.88. The first-order valence-electron chi connectivity index (χ1n) is 7.95. The molecule has 0 radical (unpaired) electrons. The minimum Gasteiger partial charge on any atom is -0.383 e. The third-order valence-electron chi connectivity index (χ3n) is 4.00. The van der Waals surface area contributed by atoms with Crippen LogP contribution < -0.4 is 5.73 Å². The molecule has 0 saturated heterocycles. The summed E-state index contributed by atoms with van der Waals surface area (Å²) in [4.78, 5) is 8.70. The second kappa shape index (κ2) is 7.77. The fourth-order valence-corrected chi connectivity index (χ4v) is 2.89. The van der Waals surface area contributed by atoms with Gasteiger partial charge in [-0.15, -0.1) is 0 Å². The van der Waals surface area contributed by atoms with Crippen molar-refractivity contribution >= 4 is 21.7 Å². The minimum absolute atomic E-state index is 0.468. The van der Waals surface area contributed by atoms with E-state index in [0.29, 0.717) is 11.8 Å². The van der Waals surface area contributed by atoms with Crippen LogP contribution in [0.4, 0.5) is 5.82 Å². The summed E-state index contributed by atoms with van der Waals surface area (Å²) >= 11 is 3.35. The quantitative estimate of drug-likeness (QED) is 0.784. The Morgan fingerprint density at radius 1 is 0.909 bits per heavy atom. The maximum atomic E-state index is 5.82. The van der Waals surface area contributed by atoms with E-state index in [1.165, 1.54) is 38.5 Å². The van der Waals surface area contributed by atoms with Crippen molar-refractivity contribution in [2.24, 2.45) is 0 Å². The average Bonchev–Trinajstić information content (AvgIpc) is 2.86. The molecule has 1 fully saturated rings. The third-order valence-corrected chi connectivity index (χ3v) is 4.98. The van der Waals surface area contributed by atoms with Gasteiger partial charge in [-0.3, -0.25) is 4.57 Å². The molecule has 0 aromatic carbocycles. The van der Waals surface area contributed by atoms with Gasteiger partial charge >= 0.3 is 0 Å². The zero-order chi connectivity index (χ0) is 16.1. The lowest BCUT2D eigenvalue weighted by Crippen LogP contribution is -2.08. The Morgan fingerprint density at radius 3 is 1.77 bits per heavy atom. The first kappa shape index (κ1) is 17.0. The molecule has 120 valence electrons. The molecular formula is C17H25BrN4. The molecule has 22 heavy (non-hydrogen) atoms. The van der Waals surface area contributed by atoms with E-state index in [9.17, 15) is 0 Å². The van der Waals surface area contributed by atoms with Crippen LogP contribution in [0.1, 0.15) is 55.6 Å². The van der Waals surface area contributed by atoms with Gasteiger partial charge in [-0.25, -0.2) is 4.98 Å². The van der Waals surface area contributed by atoms with Gasteiger partial charge in [0.25, 0.3) is 0 Å². The molecule has 0 spiro atoms. The molecule has 4 nitrogen and oxygen atoms in total. The molecule has 0 unspecified atom stereocenters. The smallest absolute Gasteiger partial charge is 0.236 e. The van der Waals surface area contributed by atoms with Crippen LogP contribution in [0.25, 0.3) is 5.95 Å². The van der Waals surface area contributed by atoms with E-state index in [2.05, 4.69) is 25.9 Å². The van der Waals surface area contributed by atoms with Crippen LogP contribution in [0.15, 0.2) is 16.6 Å². The minimum atomic E-state index is 0.468. The molecule has 2 N–H and O–H groups in total. The SMILES string of the molecule is C1CCCCC1.Cc1nc(-n2c(C)ccc2C)nc(N)c1Br. The molecule has 0 atom stereocenters. The highest BCUT2D eigenvalue weighted by molar-refractivity contribution is 9.10. The molecule has 1 aliphatic carbocycles. The molecule has 0 bridgehead atoms. The molecule has 1 saturated carbocycles. The highest BCUT2D eigenvalue weighted by atomic mass is 79.9. The van der Waals surface area contributed by atoms with E-state index in [1.54, 1.807) is 0 Å². The van der Waals surface area contributed by atoms with Crippen molar-refractivity contribution in [3.63, 3.8) is 0 Å². The van der Waals surface area contributed by atoms with Gasteiger partial charge < -0.3 is 5.73 Å². The average molecular weight is 365 g/mol. The number of anilines is 1. The van der Waals surface area contributed by atoms with Crippen LogP contribution in [-0.4, -0.2) is 14.5 Å². The monoisotopic (exact) mass is 364 g/mol. The van der Waals surface area contributed by atoms with Crippen molar-refractivity contribution in [1.29, 1.82) is 0 Å². The van der Waals surface area contributed by atoms with E-state index in [0.717, 1.165) is 21.6 Å². The summed E-state index contributed by atoms with van der Waals surface area (Å²) in [7, 11) is 0. The molecular weight excluding hydrogens is 340 g/mol. The summed E-state index contributed by atoms with van der Waals surface area (Å²) in [5.74, 6) is 1.09. The van der Waals surface area contributed by atoms with E-state index < -0.39 is 0 Å². The number of nitrogens with zero attached hydrogens (tertiary/aromatic N) is 3. The van der Waals surface area contributed by atoms with Crippen LogP contribution in [0.5, 0.6) is 0 Å². The highest BCUT2D eigenvalue weighted by Gasteiger charge is 2.11. The number of hydrogen-bond donors (Lipinski definition) is 1. The summed E-state index contributed by atoms with van der Waals surface area (Å²) in [6.07, 6.45) is 9.00. The van der Waals surface area contributed by atoms with Crippen LogP contribution >= 0.6 is 15.9 Å². The Kier molecular flexibility index (Phi) is 6.00. The van der Waals surface area contributed by atoms with Gasteiger partial charge in [0.15, 0.2) is 0 Å². The summed E-state index contributed by atoms with van der Waals surface area (Å²) in [5, 5.41) is 0. The Hall–Kier alpha value is -1.36. The second-order valence-electron chi connectivity index (χ2n) is 5.88. The lowest BCUT2D eigenvalue weighted by atomic mass is 10.0. The number of nitrogens with two attached hydrogens (primary N) is 1. The van der Waals surface area contributed by atoms with E-state index in [-0.39, 0.29) is 0 Å². The fraction of sp³-hybridized carbons (Fsp3) is 0.529. The van der Waals surface area contributed by atoms with Crippen molar-refractivity contribution in [2.45, 2.75) is 59.3 Å². The number of rotatable bonds is 1. The standard InChI is InChI=1S/C11H13BrN4.C6H12/c1-6-4-5-7(2)16(6)11-14-8(3)9(12)10(13)15-11;1-2-4-6-5-3-1/h4-5H,1-3H3,(H2,13,14,15);1-6H2. The van der Waals surface area contributed by atoms with Gasteiger partial charge in [0, 0.05) is 11.4 Å². The van der Waals surface area contributed by atoms with Crippen molar-refractivity contribution in [2.75, 3.05) is 5.73 Å². The number of nitrogen functional groups attached to an aromatic ring is 1. The third kappa shape index (κ3) is 4.09. The normalized spacial score (nSPS) is 14.4. The molecule has 0 amide bonds. The summed E-state index contributed by atoms with van der Waals surface area (Å²) < 4.78 is 2.74. The van der Waals surface area contributed by atoms with Gasteiger partial charge in [0.05, 0.1) is 10.2 Å². The molecule has 2 aromatic rings. The van der Waals surface area contributed by atoms with Gasteiger partial charge in [-0.1, -0.05) is 38.5 Å². The highest BCUT2D eigenvalue weighted by Crippen LogP contribution is 2.22. The van der Waals surface area contributed by atoms with E-state index in [4.69, 9.17) is 5.73 Å². The van der Waals surface area contributed by atoms with Crippen molar-refractivity contribution < 1.29 is 0 Å². The van der Waals surface area contributed by atoms with E-state index in [1.807, 2.05) is 37.5 Å². The zero-order valence-electron chi connectivity index (χ0n) is 13.7. The number of hydrogen-bond acceptors (Lipinski definition) is 3. The lowest BCUT2D eigenvalue weighted by molar-refractivity contribution is 0.504. The molecule has 1 aliphatic rings. The van der Waals surface area contributed by atoms with Gasteiger partial charge in [0.1, 0.15) is 5.82 Å². The van der Waals surface area contributed by atoms with Crippen molar-refractivity contribution in [3.8, 4) is 5.95 Å². The summed E-state index contributed by atoms with van der Waals surface area (Å²) in [5.41, 5.74) is 8.85. The fourth-order valence-electron chi connectivity index (χ4n) is 2.71. The van der Waals surface area contributed by atoms with Crippen LogP contribution in [0.2, 0.25) is 0 Å². The van der Waals surface area contributed by atoms with Crippen LogP contribution in [-0.2, 0) is 0 Å². The predicted molar refractivity (Wildman–Crippen MR) is 95.4 cm³/mol. The maximum Gasteiger partial charge on any atom is 0.236 e. The van der Waals surface area contributed by atoms with Gasteiger partial charge in [0.2, 0.25) is 5.95 Å². The van der Waals surface area contributed by atoms with Gasteiger partial charge in [-0.05, 0) is 48.8 Å². The number of halogens is 1. The lowest BCUT2D eigenvalue weighted by Gasteiger charge is -2.10. The van der Waals surface area contributed by atoms with Crippen molar-refractivity contribution in [3.05, 3.63) is 33.7 Å². The van der Waals surface area contributed by atoms with Crippen LogP contribution in [0.3, 0.4) is 0 Å². The summed E-state index contributed by atoms with van der Waals surface area (Å²) in [6.45, 7) is 5.94. The molecule has 5 heteroatoms. The maximum absolute atomic E-state index is 5.82. The zero-order valence-corrected chi connectivity index (χ0v) is 15.3. The van der Waals surface area contributed by atoms with E-state index >= 15 is 0 Å². The van der Waals surface area contributed by atoms with Crippen LogP contribution in [0, 0.1) is 20.8 Å². The Morgan fingerprint density at radius 2 is 1.36 bits per heavy atom. The Balaban J connectivity index is 0.000000246. The molecule has 2 heterocycles. The first-order chi connectivity index (χ1) is 10.5. The largest absolute Gasteiger partial charge is 0.383 e. The summed E-state index contributed by atoms with van der Waals surface area (Å²) in [6, 6.07) is 4.07. The molecule has 2 aromatic heterocycles. The second-order valence-corrected chi connectivity index (χ2v) is 6.67. The Bertz CT molecular complexity index is 576. The first-order valence-corrected chi connectivity index (χ1v) is 8.75. The van der Waals surface area contributed by atoms with Crippen molar-refractivity contribution in [1.82, 2.24) is 14.5 Å². The molecule has 0 aliphatic heterocycles. The molecule has 3 rings (SSSR count). The number of aryl methyl sites for hydroxylation is 3. The Labute approximate surface area is 141 Å². The number of aromatic nitrogens is 3.